The summed E-state index contributed by atoms with van der Waals surface area (Å²) in [5.41, 5.74) is 0.00739. The number of carbonyl (C=O) groups excluding carboxylic acids is 1. The zero-order valence-electron chi connectivity index (χ0n) is 20.2. The van der Waals surface area contributed by atoms with Gasteiger partial charge in [0.2, 0.25) is 0 Å². The Kier molecular flexibility index (Phi) is 6.94. The van der Waals surface area contributed by atoms with E-state index in [0.29, 0.717) is 31.0 Å². The molecular formula is C27H27Cl2N3O5. The Bertz CT molecular complexity index is 1270. The number of aliphatic carboxylic acids is 2. The van der Waals surface area contributed by atoms with Crippen LogP contribution >= 0.6 is 23.2 Å². The van der Waals surface area contributed by atoms with E-state index < -0.39 is 17.9 Å². The highest BCUT2D eigenvalue weighted by molar-refractivity contribution is 6.36. The van der Waals surface area contributed by atoms with Gasteiger partial charge in [-0.1, -0.05) is 41.4 Å². The number of hydrogen-bond acceptors (Lipinski definition) is 6. The molecule has 2 aliphatic carbocycles. The van der Waals surface area contributed by atoms with E-state index in [4.69, 9.17) is 23.2 Å². The molecule has 2 N–H and O–H groups in total. The van der Waals surface area contributed by atoms with E-state index in [-0.39, 0.29) is 38.3 Å². The van der Waals surface area contributed by atoms with Crippen molar-refractivity contribution in [2.24, 2.45) is 11.8 Å². The van der Waals surface area contributed by atoms with Crippen molar-refractivity contribution in [3.8, 4) is 0 Å². The van der Waals surface area contributed by atoms with Gasteiger partial charge >= 0.3 is 11.9 Å². The van der Waals surface area contributed by atoms with E-state index in [9.17, 15) is 24.6 Å². The minimum atomic E-state index is -1.32. The third kappa shape index (κ3) is 4.38. The number of nitrogens with zero attached hydrogens (tertiary/aromatic N) is 3. The van der Waals surface area contributed by atoms with E-state index in [1.165, 1.54) is 11.3 Å². The number of carboxylic acids is 2. The van der Waals surface area contributed by atoms with Gasteiger partial charge in [0.1, 0.15) is 11.8 Å². The molecule has 2 bridgehead atoms. The summed E-state index contributed by atoms with van der Waals surface area (Å²) >= 11 is 13.0. The molecule has 2 aliphatic heterocycles. The first-order chi connectivity index (χ1) is 17.7. The quantitative estimate of drug-likeness (QED) is 0.410. The lowest BCUT2D eigenvalue weighted by atomic mass is 9.80. The number of piperazine rings is 1. The van der Waals surface area contributed by atoms with Crippen molar-refractivity contribution in [1.29, 1.82) is 0 Å². The van der Waals surface area contributed by atoms with Gasteiger partial charge in [0.15, 0.2) is 0 Å². The van der Waals surface area contributed by atoms with E-state index in [0.717, 1.165) is 25.7 Å². The Morgan fingerprint density at radius 3 is 2.16 bits per heavy atom. The Labute approximate surface area is 224 Å². The van der Waals surface area contributed by atoms with E-state index in [1.807, 2.05) is 4.90 Å². The summed E-state index contributed by atoms with van der Waals surface area (Å²) in [4.78, 5) is 42.6. The number of benzene rings is 1. The molecule has 0 aromatic heterocycles. The minimum absolute atomic E-state index is 0.163. The van der Waals surface area contributed by atoms with Crippen LogP contribution in [0.3, 0.4) is 0 Å². The molecular weight excluding hydrogens is 517 g/mol. The molecule has 0 spiro atoms. The van der Waals surface area contributed by atoms with Gasteiger partial charge in [-0.3, -0.25) is 9.80 Å². The standard InChI is InChI=1S/C27H27Cl2N3O5/c1-15-21(26(34)35)23(22-18(28)3-2-4-19(22)29)24(27(36)37)25(32(15)11-12-33)31-9-7-30(8-10-31)20-14-16-5-6-17(20)13-16/h2-6,11,16-17,20,23H,7-10,13-14H2,1H3,(H,34,35)(H,36,37). The van der Waals surface area contributed by atoms with Crippen LogP contribution in [-0.4, -0.2) is 75.0 Å². The number of carbonyl (C=O) groups is 2. The minimum Gasteiger partial charge on any atom is -0.478 e. The van der Waals surface area contributed by atoms with Crippen LogP contribution in [0.2, 0.25) is 10.0 Å². The van der Waals surface area contributed by atoms with Crippen LogP contribution < -0.4 is 0 Å². The summed E-state index contributed by atoms with van der Waals surface area (Å²) in [5.74, 6) is -0.727. The lowest BCUT2D eigenvalue weighted by Crippen LogP contribution is -2.53. The lowest BCUT2D eigenvalue weighted by Gasteiger charge is -2.46. The van der Waals surface area contributed by atoms with Crippen LogP contribution in [0.1, 0.15) is 31.2 Å². The Morgan fingerprint density at radius 2 is 1.65 bits per heavy atom. The fourth-order valence-corrected chi connectivity index (χ4v) is 7.06. The average molecular weight is 544 g/mol. The van der Waals surface area contributed by atoms with Crippen LogP contribution in [0, 0.1) is 11.8 Å². The second kappa shape index (κ2) is 10.0. The highest BCUT2D eigenvalue weighted by Crippen LogP contribution is 2.48. The first-order valence-corrected chi connectivity index (χ1v) is 13.0. The van der Waals surface area contributed by atoms with E-state index in [1.54, 1.807) is 31.1 Å². The van der Waals surface area contributed by atoms with Crippen LogP contribution in [-0.2, 0) is 14.4 Å². The molecule has 4 atom stereocenters. The molecule has 37 heavy (non-hydrogen) atoms. The average Bonchev–Trinajstić information content (AvgIpc) is 3.49. The van der Waals surface area contributed by atoms with Crippen LogP contribution in [0.15, 0.2) is 59.2 Å². The van der Waals surface area contributed by atoms with Crippen molar-refractivity contribution in [2.75, 3.05) is 26.2 Å². The third-order valence-corrected chi connectivity index (χ3v) is 8.71. The Morgan fingerprint density at radius 1 is 1.00 bits per heavy atom. The second-order valence-corrected chi connectivity index (χ2v) is 10.7. The highest BCUT2D eigenvalue weighted by atomic mass is 35.5. The summed E-state index contributed by atoms with van der Waals surface area (Å²) in [6.45, 7) is 4.04. The maximum atomic E-state index is 12.9. The molecule has 4 aliphatic rings. The molecule has 5 rings (SSSR count). The smallest absolute Gasteiger partial charge is 0.336 e. The molecule has 0 amide bonds. The fraction of sp³-hybridized carbons (Fsp3) is 0.407. The Hall–Kier alpha value is -3.03. The maximum absolute atomic E-state index is 12.9. The Balaban J connectivity index is 1.59. The van der Waals surface area contributed by atoms with Crippen molar-refractivity contribution in [1.82, 2.24) is 14.7 Å². The van der Waals surface area contributed by atoms with Crippen molar-refractivity contribution in [3.05, 3.63) is 74.8 Å². The molecule has 0 radical (unpaired) electrons. The van der Waals surface area contributed by atoms with Crippen molar-refractivity contribution < 1.29 is 24.6 Å². The molecule has 10 heteroatoms. The van der Waals surface area contributed by atoms with Gasteiger partial charge in [0.05, 0.1) is 23.3 Å². The SMILES string of the molecule is CC1=C(C(=O)O)C(c2c(Cl)cccc2Cl)C(C(=O)O)=C(N2CCN(C3CC4C=CC3C4)CC2)N1C=C=O. The zero-order valence-corrected chi connectivity index (χ0v) is 21.7. The number of fused-ring (bicyclic) bond motifs is 2. The van der Waals surface area contributed by atoms with Crippen LogP contribution in [0.25, 0.3) is 0 Å². The molecule has 2 heterocycles. The van der Waals surface area contributed by atoms with Gasteiger partial charge < -0.3 is 15.1 Å². The summed E-state index contributed by atoms with van der Waals surface area (Å²) in [7, 11) is 0. The molecule has 1 saturated heterocycles. The predicted molar refractivity (Wildman–Crippen MR) is 139 cm³/mol. The third-order valence-electron chi connectivity index (χ3n) is 8.06. The number of allylic oxidation sites excluding steroid dienone is 2. The first-order valence-electron chi connectivity index (χ1n) is 12.3. The van der Waals surface area contributed by atoms with Crippen LogP contribution in [0.4, 0.5) is 0 Å². The number of hydrogen-bond donors (Lipinski definition) is 2. The first kappa shape index (κ1) is 25.6. The highest BCUT2D eigenvalue weighted by Gasteiger charge is 2.45. The van der Waals surface area contributed by atoms with Gasteiger partial charge in [-0.2, -0.15) is 0 Å². The summed E-state index contributed by atoms with van der Waals surface area (Å²) in [6, 6.07) is 5.20. The van der Waals surface area contributed by atoms with Crippen molar-refractivity contribution in [2.45, 2.75) is 31.7 Å². The summed E-state index contributed by atoms with van der Waals surface area (Å²) in [5, 5.41) is 21.0. The van der Waals surface area contributed by atoms with Gasteiger partial charge in [-0.25, -0.2) is 14.4 Å². The molecule has 1 aromatic rings. The molecule has 4 unspecified atom stereocenters. The maximum Gasteiger partial charge on any atom is 0.336 e. The summed E-state index contributed by atoms with van der Waals surface area (Å²) in [6.07, 6.45) is 8.00. The fourth-order valence-electron chi connectivity index (χ4n) is 6.44. The molecule has 1 aromatic carbocycles. The van der Waals surface area contributed by atoms with Crippen molar-refractivity contribution in [3.63, 3.8) is 0 Å². The lowest BCUT2D eigenvalue weighted by molar-refractivity contribution is -0.133. The second-order valence-electron chi connectivity index (χ2n) is 9.90. The van der Waals surface area contributed by atoms with Gasteiger partial charge in [0, 0.05) is 53.5 Å². The van der Waals surface area contributed by atoms with Gasteiger partial charge in [0.25, 0.3) is 0 Å². The van der Waals surface area contributed by atoms with E-state index in [2.05, 4.69) is 17.1 Å². The largest absolute Gasteiger partial charge is 0.478 e. The van der Waals surface area contributed by atoms with E-state index >= 15 is 0 Å². The number of rotatable bonds is 6. The summed E-state index contributed by atoms with van der Waals surface area (Å²) < 4.78 is 0. The van der Waals surface area contributed by atoms with Crippen LogP contribution in [0.5, 0.6) is 0 Å². The molecule has 194 valence electrons. The molecule has 8 nitrogen and oxygen atoms in total. The number of carboxylic acid groups (broad SMARTS) is 2. The molecule has 1 saturated carbocycles. The topological polar surface area (TPSA) is 101 Å². The van der Waals surface area contributed by atoms with Crippen molar-refractivity contribution >= 4 is 41.1 Å². The van der Waals surface area contributed by atoms with Gasteiger partial charge in [-0.05, 0) is 43.7 Å². The van der Waals surface area contributed by atoms with Gasteiger partial charge in [-0.15, -0.1) is 0 Å². The zero-order chi connectivity index (χ0) is 26.4. The monoisotopic (exact) mass is 543 g/mol. The predicted octanol–water partition coefficient (Wildman–Crippen LogP) is 3.97. The normalized spacial score (nSPS) is 27.6. The number of halogens is 2. The molecule has 2 fully saturated rings.